The summed E-state index contributed by atoms with van der Waals surface area (Å²) in [6, 6.07) is 15.5. The molecule has 0 aliphatic heterocycles. The molecule has 1 aromatic carbocycles. The van der Waals surface area contributed by atoms with Gasteiger partial charge in [0.15, 0.2) is 0 Å². The summed E-state index contributed by atoms with van der Waals surface area (Å²) in [4.78, 5) is 24.0. The summed E-state index contributed by atoms with van der Waals surface area (Å²) in [6.45, 7) is 5.32. The third kappa shape index (κ3) is 4.27. The van der Waals surface area contributed by atoms with E-state index in [9.17, 15) is 9.18 Å². The van der Waals surface area contributed by atoms with Gasteiger partial charge < -0.3 is 4.90 Å². The third-order valence-electron chi connectivity index (χ3n) is 5.29. The number of hydrogen-bond acceptors (Lipinski definition) is 4. The molecule has 0 unspecified atom stereocenters. The molecule has 3 aromatic heterocycles. The van der Waals surface area contributed by atoms with E-state index in [0.717, 1.165) is 16.8 Å². The molecular weight excluding hydrogens is 405 g/mol. The zero-order valence-corrected chi connectivity index (χ0v) is 18.1. The van der Waals surface area contributed by atoms with Crippen molar-refractivity contribution in [2.75, 3.05) is 6.54 Å². The number of amides is 1. The first-order valence-corrected chi connectivity index (χ1v) is 10.6. The topological polar surface area (TPSA) is 63.9 Å². The molecule has 0 saturated carbocycles. The number of aryl methyl sites for hydroxylation is 1. The second kappa shape index (κ2) is 9.51. The molecule has 0 aliphatic carbocycles. The van der Waals surface area contributed by atoms with Gasteiger partial charge in [-0.3, -0.25) is 19.4 Å². The quantitative estimate of drug-likeness (QED) is 0.422. The molecule has 4 rings (SSSR count). The van der Waals surface area contributed by atoms with Crippen molar-refractivity contribution in [1.29, 1.82) is 0 Å². The van der Waals surface area contributed by atoms with Gasteiger partial charge in [0.25, 0.3) is 5.91 Å². The Bertz CT molecular complexity index is 1190. The summed E-state index contributed by atoms with van der Waals surface area (Å²) in [5, 5.41) is 4.76. The Labute approximate surface area is 186 Å². The van der Waals surface area contributed by atoms with Crippen LogP contribution in [0.4, 0.5) is 4.39 Å². The van der Waals surface area contributed by atoms with Crippen molar-refractivity contribution >= 4 is 5.91 Å². The van der Waals surface area contributed by atoms with Crippen molar-refractivity contribution in [3.05, 3.63) is 90.4 Å². The summed E-state index contributed by atoms with van der Waals surface area (Å²) in [7, 11) is 0. The van der Waals surface area contributed by atoms with Crippen molar-refractivity contribution in [3.8, 4) is 22.4 Å². The van der Waals surface area contributed by atoms with Crippen LogP contribution in [0.3, 0.4) is 0 Å². The maximum absolute atomic E-state index is 13.8. The first kappa shape index (κ1) is 21.4. The lowest BCUT2D eigenvalue weighted by Gasteiger charge is -2.21. The number of carbonyl (C=O) groups excluding carboxylic acids is 1. The van der Waals surface area contributed by atoms with Crippen LogP contribution in [-0.4, -0.2) is 37.1 Å². The van der Waals surface area contributed by atoms with Crippen LogP contribution in [0.1, 0.15) is 30.0 Å². The van der Waals surface area contributed by atoms with Gasteiger partial charge in [0.1, 0.15) is 17.2 Å². The van der Waals surface area contributed by atoms with Crippen LogP contribution in [0.25, 0.3) is 22.4 Å². The second-order valence-electron chi connectivity index (χ2n) is 7.27. The minimum atomic E-state index is -0.321. The molecule has 7 heteroatoms. The van der Waals surface area contributed by atoms with E-state index < -0.39 is 0 Å². The van der Waals surface area contributed by atoms with Gasteiger partial charge in [0, 0.05) is 42.8 Å². The highest BCUT2D eigenvalue weighted by Gasteiger charge is 2.28. The van der Waals surface area contributed by atoms with Gasteiger partial charge in [-0.05, 0) is 67.9 Å². The molecule has 0 spiro atoms. The molecule has 1 amide bonds. The number of pyridine rings is 2. The van der Waals surface area contributed by atoms with Crippen LogP contribution in [0.5, 0.6) is 0 Å². The van der Waals surface area contributed by atoms with E-state index in [2.05, 4.69) is 9.97 Å². The van der Waals surface area contributed by atoms with E-state index >= 15 is 0 Å². The fourth-order valence-corrected chi connectivity index (χ4v) is 3.67. The van der Waals surface area contributed by atoms with Gasteiger partial charge >= 0.3 is 0 Å². The summed E-state index contributed by atoms with van der Waals surface area (Å²) in [5.74, 6) is -0.453. The Morgan fingerprint density at radius 2 is 1.72 bits per heavy atom. The summed E-state index contributed by atoms with van der Waals surface area (Å²) < 4.78 is 15.3. The molecule has 0 radical (unpaired) electrons. The molecule has 0 aliphatic rings. The number of benzene rings is 1. The van der Waals surface area contributed by atoms with E-state index in [1.807, 2.05) is 44.2 Å². The fourth-order valence-electron chi connectivity index (χ4n) is 3.67. The number of carbonyl (C=O) groups is 1. The molecule has 0 N–H and O–H groups in total. The predicted molar refractivity (Wildman–Crippen MR) is 121 cm³/mol. The van der Waals surface area contributed by atoms with E-state index in [1.54, 1.807) is 40.3 Å². The SMILES string of the molecule is CCN(Cc1ccccn1)C(=O)c1c(-c2ccncc2)c(-c2ccc(F)cc2)nn1CC. The Balaban J connectivity index is 1.86. The zero-order valence-electron chi connectivity index (χ0n) is 18.1. The average molecular weight is 429 g/mol. The fraction of sp³-hybridized carbons (Fsp3) is 0.200. The van der Waals surface area contributed by atoms with Crippen LogP contribution in [0.2, 0.25) is 0 Å². The normalized spacial score (nSPS) is 10.8. The lowest BCUT2D eigenvalue weighted by Crippen LogP contribution is -2.32. The molecule has 0 fully saturated rings. The molecule has 162 valence electrons. The molecule has 3 heterocycles. The summed E-state index contributed by atoms with van der Waals surface area (Å²) in [6.07, 6.45) is 5.10. The minimum absolute atomic E-state index is 0.132. The van der Waals surface area contributed by atoms with Gasteiger partial charge in [-0.15, -0.1) is 0 Å². The highest BCUT2D eigenvalue weighted by Crippen LogP contribution is 2.35. The minimum Gasteiger partial charge on any atom is -0.332 e. The van der Waals surface area contributed by atoms with Crippen LogP contribution >= 0.6 is 0 Å². The lowest BCUT2D eigenvalue weighted by molar-refractivity contribution is 0.0739. The van der Waals surface area contributed by atoms with Crippen LogP contribution in [0, 0.1) is 5.82 Å². The predicted octanol–water partition coefficient (Wildman–Crippen LogP) is 4.83. The van der Waals surface area contributed by atoms with Crippen molar-refractivity contribution in [2.24, 2.45) is 0 Å². The van der Waals surface area contributed by atoms with E-state index in [0.29, 0.717) is 36.6 Å². The lowest BCUT2D eigenvalue weighted by atomic mass is 9.99. The van der Waals surface area contributed by atoms with Gasteiger partial charge in [0.2, 0.25) is 0 Å². The first-order chi connectivity index (χ1) is 15.6. The third-order valence-corrected chi connectivity index (χ3v) is 5.29. The average Bonchev–Trinajstić information content (AvgIpc) is 3.23. The molecule has 0 saturated heterocycles. The summed E-state index contributed by atoms with van der Waals surface area (Å²) >= 11 is 0. The molecule has 4 aromatic rings. The van der Waals surface area contributed by atoms with E-state index in [4.69, 9.17) is 5.10 Å². The maximum Gasteiger partial charge on any atom is 0.273 e. The van der Waals surface area contributed by atoms with Crippen molar-refractivity contribution in [2.45, 2.75) is 26.9 Å². The van der Waals surface area contributed by atoms with Crippen molar-refractivity contribution in [3.63, 3.8) is 0 Å². The van der Waals surface area contributed by atoms with Gasteiger partial charge in [-0.1, -0.05) is 6.07 Å². The van der Waals surface area contributed by atoms with Crippen molar-refractivity contribution in [1.82, 2.24) is 24.6 Å². The van der Waals surface area contributed by atoms with Gasteiger partial charge in [-0.25, -0.2) is 4.39 Å². The molecule has 0 bridgehead atoms. The first-order valence-electron chi connectivity index (χ1n) is 10.6. The Kier molecular flexibility index (Phi) is 6.35. The number of aromatic nitrogens is 4. The van der Waals surface area contributed by atoms with E-state index in [-0.39, 0.29) is 11.7 Å². The highest BCUT2D eigenvalue weighted by atomic mass is 19.1. The Morgan fingerprint density at radius 1 is 0.969 bits per heavy atom. The van der Waals surface area contributed by atoms with Crippen molar-refractivity contribution < 1.29 is 9.18 Å². The Morgan fingerprint density at radius 3 is 2.34 bits per heavy atom. The largest absolute Gasteiger partial charge is 0.332 e. The second-order valence-corrected chi connectivity index (χ2v) is 7.27. The number of hydrogen-bond donors (Lipinski definition) is 0. The van der Waals surface area contributed by atoms with E-state index in [1.165, 1.54) is 12.1 Å². The van der Waals surface area contributed by atoms with Crippen LogP contribution < -0.4 is 0 Å². The highest BCUT2D eigenvalue weighted by molar-refractivity contribution is 6.03. The van der Waals surface area contributed by atoms with Crippen LogP contribution in [0.15, 0.2) is 73.2 Å². The Hall–Kier alpha value is -3.87. The summed E-state index contributed by atoms with van der Waals surface area (Å²) in [5.41, 5.74) is 4.23. The number of rotatable bonds is 7. The zero-order chi connectivity index (χ0) is 22.5. The standard InChI is InChI=1S/C25H24FN5O/c1-3-30(17-21-7-5-6-14-28-21)25(32)24-22(18-12-15-27-16-13-18)23(29-31(24)4-2)19-8-10-20(26)11-9-19/h5-16H,3-4,17H2,1-2H3. The van der Waals surface area contributed by atoms with Gasteiger partial charge in [-0.2, -0.15) is 5.10 Å². The molecule has 0 atom stereocenters. The van der Waals surface area contributed by atoms with Gasteiger partial charge in [0.05, 0.1) is 12.2 Å². The maximum atomic E-state index is 13.8. The smallest absolute Gasteiger partial charge is 0.273 e. The monoisotopic (exact) mass is 429 g/mol. The molecular formula is C25H24FN5O. The number of nitrogens with zero attached hydrogens (tertiary/aromatic N) is 5. The number of halogens is 1. The van der Waals surface area contributed by atoms with Crippen LogP contribution in [-0.2, 0) is 13.1 Å². The molecule has 32 heavy (non-hydrogen) atoms. The molecule has 6 nitrogen and oxygen atoms in total.